The first kappa shape index (κ1) is 17.1. The lowest BCUT2D eigenvalue weighted by Gasteiger charge is -2.26. The molecule has 5 heteroatoms. The van der Waals surface area contributed by atoms with Gasteiger partial charge in [-0.2, -0.15) is 0 Å². The molecule has 0 bridgehead atoms. The third-order valence-corrected chi connectivity index (χ3v) is 2.89. The molecule has 0 aliphatic heterocycles. The van der Waals surface area contributed by atoms with Crippen LogP contribution in [0.15, 0.2) is 0 Å². The van der Waals surface area contributed by atoms with Gasteiger partial charge in [0.2, 0.25) is 5.91 Å². The predicted octanol–water partition coefficient (Wildman–Crippen LogP) is 0.419. The molecule has 0 fully saturated rings. The van der Waals surface area contributed by atoms with Crippen LogP contribution in [0.4, 0.5) is 0 Å². The summed E-state index contributed by atoms with van der Waals surface area (Å²) in [6.45, 7) is 9.90. The lowest BCUT2D eigenvalue weighted by molar-refractivity contribution is -0.128. The number of nitrogens with zero attached hydrogens (tertiary/aromatic N) is 1. The molecule has 0 spiro atoms. The van der Waals surface area contributed by atoms with Crippen LogP contribution in [0.3, 0.4) is 0 Å². The lowest BCUT2D eigenvalue weighted by Crippen LogP contribution is -2.49. The van der Waals surface area contributed by atoms with E-state index >= 15 is 0 Å². The fourth-order valence-corrected chi connectivity index (χ4v) is 1.79. The molecule has 0 aromatic rings. The topological polar surface area (TPSA) is 69.6 Å². The molecule has 106 valence electrons. The van der Waals surface area contributed by atoms with Gasteiger partial charge in [-0.05, 0) is 26.7 Å². The summed E-state index contributed by atoms with van der Waals surface area (Å²) in [5, 5.41) is 11.7. The average Bonchev–Trinajstić information content (AvgIpc) is 2.24. The second-order valence-corrected chi connectivity index (χ2v) is 5.19. The Morgan fingerprint density at radius 3 is 2.11 bits per heavy atom. The normalized spacial score (nSPS) is 13.2. The van der Waals surface area contributed by atoms with Gasteiger partial charge in [-0.1, -0.05) is 13.8 Å². The molecule has 1 unspecified atom stereocenters. The van der Waals surface area contributed by atoms with E-state index in [0.29, 0.717) is 6.54 Å². The largest absolute Gasteiger partial charge is 0.395 e. The van der Waals surface area contributed by atoms with Crippen LogP contribution in [-0.2, 0) is 9.59 Å². The van der Waals surface area contributed by atoms with Crippen molar-refractivity contribution in [2.45, 2.75) is 46.7 Å². The van der Waals surface area contributed by atoms with Crippen molar-refractivity contribution < 1.29 is 14.7 Å². The Labute approximate surface area is 110 Å². The number of amides is 1. The number of carbonyl (C=O) groups is 2. The molecule has 18 heavy (non-hydrogen) atoms. The van der Waals surface area contributed by atoms with Crippen LogP contribution in [-0.4, -0.2) is 53.5 Å². The minimum Gasteiger partial charge on any atom is -0.395 e. The zero-order chi connectivity index (χ0) is 14.3. The van der Waals surface area contributed by atoms with E-state index in [1.165, 1.54) is 6.92 Å². The van der Waals surface area contributed by atoms with Gasteiger partial charge >= 0.3 is 0 Å². The zero-order valence-corrected chi connectivity index (χ0v) is 12.1. The molecule has 0 aliphatic carbocycles. The summed E-state index contributed by atoms with van der Waals surface area (Å²) in [5.74, 6) is -0.126. The molecule has 0 saturated carbocycles. The van der Waals surface area contributed by atoms with Crippen LogP contribution in [0.25, 0.3) is 0 Å². The van der Waals surface area contributed by atoms with Gasteiger partial charge in [0.15, 0.2) is 5.78 Å². The van der Waals surface area contributed by atoms with E-state index in [9.17, 15) is 9.59 Å². The maximum Gasteiger partial charge on any atom is 0.234 e. The van der Waals surface area contributed by atoms with Crippen molar-refractivity contribution in [2.75, 3.05) is 19.7 Å². The number of ketones is 1. The highest BCUT2D eigenvalue weighted by atomic mass is 16.3. The maximum atomic E-state index is 11.9. The molecular formula is C13H26N2O3. The summed E-state index contributed by atoms with van der Waals surface area (Å²) in [6, 6.07) is -0.252. The Hall–Kier alpha value is -0.940. The van der Waals surface area contributed by atoms with Gasteiger partial charge in [-0.3, -0.25) is 14.5 Å². The molecule has 1 amide bonds. The van der Waals surface area contributed by atoms with Crippen LogP contribution in [0.5, 0.6) is 0 Å². The number of aliphatic hydroxyl groups excluding tert-OH is 1. The fraction of sp³-hybridized carbons (Fsp3) is 0.846. The van der Waals surface area contributed by atoms with Crippen molar-refractivity contribution in [1.82, 2.24) is 10.2 Å². The van der Waals surface area contributed by atoms with E-state index in [2.05, 4.69) is 5.32 Å². The van der Waals surface area contributed by atoms with Crippen LogP contribution >= 0.6 is 0 Å². The van der Waals surface area contributed by atoms with E-state index in [-0.39, 0.29) is 36.8 Å². The Balaban J connectivity index is 4.42. The molecular weight excluding hydrogens is 232 g/mol. The molecule has 0 aliphatic rings. The molecule has 0 heterocycles. The summed E-state index contributed by atoms with van der Waals surface area (Å²) in [4.78, 5) is 25.1. The maximum absolute atomic E-state index is 11.9. The van der Waals surface area contributed by atoms with Gasteiger partial charge in [0.05, 0.1) is 19.2 Å². The highest BCUT2D eigenvalue weighted by Gasteiger charge is 2.22. The molecule has 0 saturated heterocycles. The van der Waals surface area contributed by atoms with Gasteiger partial charge in [0.25, 0.3) is 0 Å². The van der Waals surface area contributed by atoms with Crippen molar-refractivity contribution in [1.29, 1.82) is 0 Å². The number of nitrogens with one attached hydrogen (secondary N) is 1. The second-order valence-electron chi connectivity index (χ2n) is 5.19. The molecule has 2 N–H and O–H groups in total. The van der Waals surface area contributed by atoms with E-state index in [1.54, 1.807) is 0 Å². The highest BCUT2D eigenvalue weighted by molar-refractivity contribution is 5.88. The van der Waals surface area contributed by atoms with Crippen molar-refractivity contribution in [2.24, 2.45) is 5.92 Å². The van der Waals surface area contributed by atoms with Crippen molar-refractivity contribution in [3.8, 4) is 0 Å². The second kappa shape index (κ2) is 8.21. The van der Waals surface area contributed by atoms with Crippen molar-refractivity contribution in [3.05, 3.63) is 0 Å². The Kier molecular flexibility index (Phi) is 7.78. The lowest BCUT2D eigenvalue weighted by atomic mass is 10.0. The summed E-state index contributed by atoms with van der Waals surface area (Å²) in [6.07, 6.45) is 0. The number of rotatable bonds is 8. The number of carbonyl (C=O) groups excluding carboxylic acids is 2. The van der Waals surface area contributed by atoms with E-state index < -0.39 is 6.04 Å². The first-order valence-corrected chi connectivity index (χ1v) is 6.44. The van der Waals surface area contributed by atoms with E-state index in [1.807, 2.05) is 32.6 Å². The predicted molar refractivity (Wildman–Crippen MR) is 71.2 cm³/mol. The molecule has 5 nitrogen and oxygen atoms in total. The quantitative estimate of drug-likeness (QED) is 0.662. The number of hydrogen-bond donors (Lipinski definition) is 2. The molecule has 0 aromatic heterocycles. The molecule has 0 rings (SSSR count). The van der Waals surface area contributed by atoms with Crippen LogP contribution in [0.2, 0.25) is 0 Å². The van der Waals surface area contributed by atoms with Crippen LogP contribution in [0, 0.1) is 5.92 Å². The summed E-state index contributed by atoms with van der Waals surface area (Å²) in [5.41, 5.74) is 0. The first-order valence-electron chi connectivity index (χ1n) is 6.44. The summed E-state index contributed by atoms with van der Waals surface area (Å²) >= 11 is 0. The van der Waals surface area contributed by atoms with Gasteiger partial charge in [-0.15, -0.1) is 0 Å². The smallest absolute Gasteiger partial charge is 0.234 e. The third kappa shape index (κ3) is 6.12. The van der Waals surface area contributed by atoms with Crippen LogP contribution in [0.1, 0.15) is 34.6 Å². The first-order chi connectivity index (χ1) is 8.29. The molecule has 0 aromatic carbocycles. The Bertz CT molecular complexity index is 277. The van der Waals surface area contributed by atoms with Gasteiger partial charge in [0, 0.05) is 12.6 Å². The van der Waals surface area contributed by atoms with Gasteiger partial charge in [-0.25, -0.2) is 0 Å². The average molecular weight is 258 g/mol. The number of Topliss-reactive ketones (excluding diaryl/α,β-unsaturated/α-hetero) is 1. The number of aliphatic hydroxyl groups is 1. The summed E-state index contributed by atoms with van der Waals surface area (Å²) in [7, 11) is 0. The standard InChI is InChI=1S/C13H26N2O3/c1-9(2)13(11(5)17)14-12(18)8-15(6-7-16)10(3)4/h9-10,13,16H,6-8H2,1-5H3,(H,14,18). The van der Waals surface area contributed by atoms with Crippen molar-refractivity contribution >= 4 is 11.7 Å². The summed E-state index contributed by atoms with van der Waals surface area (Å²) < 4.78 is 0. The van der Waals surface area contributed by atoms with Gasteiger partial charge in [0.1, 0.15) is 0 Å². The number of hydrogen-bond acceptors (Lipinski definition) is 4. The highest BCUT2D eigenvalue weighted by Crippen LogP contribution is 2.03. The fourth-order valence-electron chi connectivity index (χ4n) is 1.79. The Morgan fingerprint density at radius 2 is 1.78 bits per heavy atom. The monoisotopic (exact) mass is 258 g/mol. The van der Waals surface area contributed by atoms with Gasteiger partial charge < -0.3 is 10.4 Å². The SMILES string of the molecule is CC(=O)C(NC(=O)CN(CCO)C(C)C)C(C)C. The minimum absolute atomic E-state index is 0.0196. The molecule has 1 atom stereocenters. The van der Waals surface area contributed by atoms with Crippen LogP contribution < -0.4 is 5.32 Å². The van der Waals surface area contributed by atoms with Crippen molar-refractivity contribution in [3.63, 3.8) is 0 Å². The molecule has 0 radical (unpaired) electrons. The minimum atomic E-state index is -0.430. The zero-order valence-electron chi connectivity index (χ0n) is 12.1. The Morgan fingerprint density at radius 1 is 1.22 bits per heavy atom. The van der Waals surface area contributed by atoms with E-state index in [0.717, 1.165) is 0 Å². The van der Waals surface area contributed by atoms with E-state index in [4.69, 9.17) is 5.11 Å². The third-order valence-electron chi connectivity index (χ3n) is 2.89.